The first-order valence-electron chi connectivity index (χ1n) is 6.20. The summed E-state index contributed by atoms with van der Waals surface area (Å²) in [6.07, 6.45) is -5.11. The standard InChI is InChI=1S/C13H13ClF3NO3.ClH/c14-8-4-3-7(6-10(8)21-13(15,16)17)12(18)5-1-2-9(19)11(12)20;/h3-4,6,9,19H,1-2,5,18H2;1H. The molecule has 1 aliphatic carbocycles. The molecule has 0 spiro atoms. The molecule has 3 N–H and O–H groups in total. The highest BCUT2D eigenvalue weighted by molar-refractivity contribution is 6.32. The van der Waals surface area contributed by atoms with Crippen LogP contribution in [0.2, 0.25) is 5.02 Å². The molecular weight excluding hydrogens is 346 g/mol. The predicted octanol–water partition coefficient (Wildman–Crippen LogP) is 2.93. The third-order valence-electron chi connectivity index (χ3n) is 3.46. The largest absolute Gasteiger partial charge is 0.573 e. The molecule has 0 aromatic heterocycles. The minimum atomic E-state index is -4.90. The molecule has 1 fully saturated rings. The average Bonchev–Trinajstić information content (AvgIpc) is 2.37. The zero-order valence-electron chi connectivity index (χ0n) is 11.2. The van der Waals surface area contributed by atoms with E-state index >= 15 is 0 Å². The van der Waals surface area contributed by atoms with Crippen LogP contribution in [0, 0.1) is 0 Å². The molecule has 22 heavy (non-hydrogen) atoms. The number of aliphatic hydroxyl groups excluding tert-OH is 1. The van der Waals surface area contributed by atoms with Gasteiger partial charge in [0.25, 0.3) is 0 Å². The smallest absolute Gasteiger partial charge is 0.404 e. The van der Waals surface area contributed by atoms with Crippen molar-refractivity contribution in [3.05, 3.63) is 28.8 Å². The molecule has 0 aliphatic heterocycles. The summed E-state index contributed by atoms with van der Waals surface area (Å²) in [5, 5.41) is 9.37. The van der Waals surface area contributed by atoms with Crippen LogP contribution < -0.4 is 10.5 Å². The van der Waals surface area contributed by atoms with Gasteiger partial charge in [-0.1, -0.05) is 17.7 Å². The number of rotatable bonds is 2. The van der Waals surface area contributed by atoms with E-state index in [2.05, 4.69) is 4.74 Å². The lowest BCUT2D eigenvalue weighted by atomic mass is 9.75. The van der Waals surface area contributed by atoms with Gasteiger partial charge in [-0.3, -0.25) is 4.79 Å². The Labute approximate surface area is 135 Å². The fraction of sp³-hybridized carbons (Fsp3) is 0.462. The number of Topliss-reactive ketones (excluding diaryl/α,β-unsaturated/α-hetero) is 1. The monoisotopic (exact) mass is 359 g/mol. The number of hydrogen-bond acceptors (Lipinski definition) is 4. The number of ketones is 1. The van der Waals surface area contributed by atoms with Crippen LogP contribution in [0.3, 0.4) is 0 Å². The van der Waals surface area contributed by atoms with Crippen molar-refractivity contribution < 1.29 is 27.8 Å². The van der Waals surface area contributed by atoms with Crippen LogP contribution in [-0.2, 0) is 10.3 Å². The Morgan fingerprint density at radius 2 is 2.05 bits per heavy atom. The van der Waals surface area contributed by atoms with E-state index < -0.39 is 29.5 Å². The maximum Gasteiger partial charge on any atom is 0.573 e. The van der Waals surface area contributed by atoms with E-state index in [9.17, 15) is 23.1 Å². The van der Waals surface area contributed by atoms with Gasteiger partial charge in [0, 0.05) is 0 Å². The second-order valence-electron chi connectivity index (χ2n) is 4.94. The Balaban J connectivity index is 0.00000242. The van der Waals surface area contributed by atoms with E-state index in [4.69, 9.17) is 17.3 Å². The Kier molecular flexibility index (Phi) is 5.72. The van der Waals surface area contributed by atoms with Gasteiger partial charge in [0.1, 0.15) is 17.4 Å². The lowest BCUT2D eigenvalue weighted by Gasteiger charge is -2.35. The van der Waals surface area contributed by atoms with Crippen molar-refractivity contribution in [3.63, 3.8) is 0 Å². The fourth-order valence-corrected chi connectivity index (χ4v) is 2.55. The quantitative estimate of drug-likeness (QED) is 0.851. The SMILES string of the molecule is Cl.NC1(c2ccc(Cl)c(OC(F)(F)F)c2)CCCC(O)C1=O. The van der Waals surface area contributed by atoms with Crippen molar-refractivity contribution in [1.82, 2.24) is 0 Å². The van der Waals surface area contributed by atoms with E-state index in [1.165, 1.54) is 12.1 Å². The van der Waals surface area contributed by atoms with Crippen molar-refractivity contribution in [2.75, 3.05) is 0 Å². The van der Waals surface area contributed by atoms with E-state index in [0.29, 0.717) is 6.42 Å². The van der Waals surface area contributed by atoms with Crippen LogP contribution in [0.1, 0.15) is 24.8 Å². The van der Waals surface area contributed by atoms with Crippen LogP contribution in [0.15, 0.2) is 18.2 Å². The molecule has 4 nitrogen and oxygen atoms in total. The van der Waals surface area contributed by atoms with Gasteiger partial charge < -0.3 is 15.6 Å². The maximum atomic E-state index is 12.3. The van der Waals surface area contributed by atoms with Crippen LogP contribution in [0.4, 0.5) is 13.2 Å². The second-order valence-corrected chi connectivity index (χ2v) is 5.34. The molecule has 2 atom stereocenters. The highest BCUT2D eigenvalue weighted by atomic mass is 35.5. The number of alkyl halides is 3. The molecule has 0 saturated heterocycles. The molecule has 1 saturated carbocycles. The summed E-state index contributed by atoms with van der Waals surface area (Å²) in [4.78, 5) is 12.1. The summed E-state index contributed by atoms with van der Waals surface area (Å²) in [5.74, 6) is -1.24. The highest BCUT2D eigenvalue weighted by Gasteiger charge is 2.43. The number of aliphatic hydroxyl groups is 1. The Morgan fingerprint density at radius 1 is 1.41 bits per heavy atom. The number of halogens is 5. The maximum absolute atomic E-state index is 12.3. The molecule has 1 aliphatic rings. The van der Waals surface area contributed by atoms with Gasteiger partial charge in [-0.25, -0.2) is 0 Å². The number of carbonyl (C=O) groups is 1. The Bertz CT molecular complexity index is 568. The number of benzene rings is 1. The van der Waals surface area contributed by atoms with Crippen molar-refractivity contribution in [1.29, 1.82) is 0 Å². The molecule has 2 rings (SSSR count). The summed E-state index contributed by atoms with van der Waals surface area (Å²) < 4.78 is 40.7. The van der Waals surface area contributed by atoms with Crippen molar-refractivity contribution in [2.45, 2.75) is 37.3 Å². The zero-order valence-corrected chi connectivity index (χ0v) is 12.8. The van der Waals surface area contributed by atoms with E-state index in [-0.39, 0.29) is 35.8 Å². The lowest BCUT2D eigenvalue weighted by Crippen LogP contribution is -2.52. The van der Waals surface area contributed by atoms with Crippen molar-refractivity contribution in [2.24, 2.45) is 5.73 Å². The van der Waals surface area contributed by atoms with Gasteiger partial charge in [0.15, 0.2) is 5.78 Å². The van der Waals surface area contributed by atoms with Gasteiger partial charge in [-0.15, -0.1) is 25.6 Å². The van der Waals surface area contributed by atoms with E-state index in [0.717, 1.165) is 6.07 Å². The van der Waals surface area contributed by atoms with Crippen LogP contribution in [-0.4, -0.2) is 23.4 Å². The van der Waals surface area contributed by atoms with Gasteiger partial charge in [-0.05, 0) is 37.0 Å². The van der Waals surface area contributed by atoms with Gasteiger partial charge in [0.2, 0.25) is 0 Å². The summed E-state index contributed by atoms with van der Waals surface area (Å²) in [7, 11) is 0. The third kappa shape index (κ3) is 3.84. The summed E-state index contributed by atoms with van der Waals surface area (Å²) >= 11 is 5.65. The highest BCUT2D eigenvalue weighted by Crippen LogP contribution is 2.37. The normalized spacial score (nSPS) is 25.5. The lowest BCUT2D eigenvalue weighted by molar-refractivity contribution is -0.274. The zero-order chi connectivity index (χ0) is 15.8. The van der Waals surface area contributed by atoms with E-state index in [1.807, 2.05) is 0 Å². The first kappa shape index (κ1) is 19.0. The number of hydrogen-bond donors (Lipinski definition) is 2. The van der Waals surface area contributed by atoms with Crippen LogP contribution in [0.25, 0.3) is 0 Å². The molecule has 1 aromatic carbocycles. The average molecular weight is 360 g/mol. The van der Waals surface area contributed by atoms with Crippen molar-refractivity contribution >= 4 is 29.8 Å². The topological polar surface area (TPSA) is 72.6 Å². The first-order chi connectivity index (χ1) is 9.63. The molecule has 124 valence electrons. The molecule has 9 heteroatoms. The summed E-state index contributed by atoms with van der Waals surface area (Å²) in [6.45, 7) is 0. The molecule has 0 heterocycles. The van der Waals surface area contributed by atoms with Crippen LogP contribution >= 0.6 is 24.0 Å². The number of nitrogens with two attached hydrogens (primary N) is 1. The number of ether oxygens (including phenoxy) is 1. The molecule has 0 bridgehead atoms. The van der Waals surface area contributed by atoms with Crippen molar-refractivity contribution in [3.8, 4) is 5.75 Å². The van der Waals surface area contributed by atoms with E-state index in [1.54, 1.807) is 0 Å². The Hall–Kier alpha value is -1.02. The molecule has 2 unspecified atom stereocenters. The minimum Gasteiger partial charge on any atom is -0.404 e. The van der Waals surface area contributed by atoms with Crippen LogP contribution in [0.5, 0.6) is 5.75 Å². The molecular formula is C13H14Cl2F3NO3. The second kappa shape index (κ2) is 6.62. The molecule has 0 radical (unpaired) electrons. The predicted molar refractivity (Wildman–Crippen MR) is 76.1 cm³/mol. The summed E-state index contributed by atoms with van der Waals surface area (Å²) in [5.41, 5.74) is 4.61. The van der Waals surface area contributed by atoms with Gasteiger partial charge in [-0.2, -0.15) is 0 Å². The first-order valence-corrected chi connectivity index (χ1v) is 6.58. The summed E-state index contributed by atoms with van der Waals surface area (Å²) in [6, 6.07) is 3.54. The third-order valence-corrected chi connectivity index (χ3v) is 3.78. The Morgan fingerprint density at radius 3 is 2.64 bits per heavy atom. The number of carbonyl (C=O) groups excluding carboxylic acids is 1. The van der Waals surface area contributed by atoms with Gasteiger partial charge >= 0.3 is 6.36 Å². The fourth-order valence-electron chi connectivity index (χ4n) is 2.40. The minimum absolute atomic E-state index is 0. The van der Waals surface area contributed by atoms with Gasteiger partial charge in [0.05, 0.1) is 5.02 Å². The molecule has 0 amide bonds. The molecule has 1 aromatic rings.